The number of aliphatic hydroxyl groups excluding tert-OH is 2. The summed E-state index contributed by atoms with van der Waals surface area (Å²) in [7, 11) is 0. The van der Waals surface area contributed by atoms with E-state index in [4.69, 9.17) is 21.1 Å². The summed E-state index contributed by atoms with van der Waals surface area (Å²) in [6.07, 6.45) is -2.17. The van der Waals surface area contributed by atoms with E-state index in [9.17, 15) is 20.1 Å². The fraction of sp³-hybridized carbons (Fsp3) is 0.500. The molecule has 4 atom stereocenters. The van der Waals surface area contributed by atoms with Gasteiger partial charge in [0.05, 0.1) is 25.9 Å². The number of hydrogen-bond donors (Lipinski definition) is 4. The van der Waals surface area contributed by atoms with E-state index in [1.54, 1.807) is 17.0 Å². The molecule has 1 amide bonds. The Morgan fingerprint density at radius 2 is 2.00 bits per heavy atom. The van der Waals surface area contributed by atoms with E-state index < -0.39 is 23.9 Å². The van der Waals surface area contributed by atoms with Crippen molar-refractivity contribution in [3.8, 4) is 5.75 Å². The number of hydrogen-bond acceptors (Lipinski definition) is 7. The van der Waals surface area contributed by atoms with Crippen LogP contribution in [0.3, 0.4) is 0 Å². The van der Waals surface area contributed by atoms with E-state index in [1.165, 1.54) is 0 Å². The molecule has 0 aromatic heterocycles. The molecule has 35 heavy (non-hydrogen) atoms. The van der Waals surface area contributed by atoms with E-state index in [1.807, 2.05) is 37.3 Å². The third kappa shape index (κ3) is 5.97. The number of ether oxygens (including phenoxy) is 2. The highest BCUT2D eigenvalue weighted by atomic mass is 35.5. The summed E-state index contributed by atoms with van der Waals surface area (Å²) >= 11 is 6.46. The molecule has 2 aliphatic heterocycles. The first-order valence-electron chi connectivity index (χ1n) is 12.0. The van der Waals surface area contributed by atoms with E-state index in [-0.39, 0.29) is 32.0 Å². The highest BCUT2D eigenvalue weighted by Crippen LogP contribution is 2.36. The third-order valence-electron chi connectivity index (χ3n) is 6.76. The molecule has 0 saturated carbocycles. The van der Waals surface area contributed by atoms with Crippen LogP contribution in [0.5, 0.6) is 5.75 Å². The maximum absolute atomic E-state index is 12.0. The van der Waals surface area contributed by atoms with Crippen molar-refractivity contribution >= 4 is 17.5 Å². The molecule has 2 saturated heterocycles. The molecular formula is C26H33ClN2O6. The van der Waals surface area contributed by atoms with Crippen molar-refractivity contribution in [3.05, 3.63) is 64.2 Å². The van der Waals surface area contributed by atoms with Crippen LogP contribution in [0.25, 0.3) is 0 Å². The zero-order valence-electron chi connectivity index (χ0n) is 19.8. The minimum atomic E-state index is -1.93. The molecule has 2 aromatic carbocycles. The van der Waals surface area contributed by atoms with Gasteiger partial charge in [-0.15, -0.1) is 0 Å². The third-order valence-corrected chi connectivity index (χ3v) is 7.13. The molecule has 9 heteroatoms. The summed E-state index contributed by atoms with van der Waals surface area (Å²) in [5.41, 5.74) is 2.71. The molecule has 4 rings (SSSR count). The molecule has 2 aliphatic rings. The lowest BCUT2D eigenvalue weighted by molar-refractivity contribution is -0.308. The Kier molecular flexibility index (Phi) is 8.31. The van der Waals surface area contributed by atoms with Crippen LogP contribution in [0, 0.1) is 0 Å². The van der Waals surface area contributed by atoms with Crippen molar-refractivity contribution in [2.24, 2.45) is 0 Å². The molecular weight excluding hydrogens is 472 g/mol. The van der Waals surface area contributed by atoms with Crippen molar-refractivity contribution in [2.45, 2.75) is 43.7 Å². The minimum absolute atomic E-state index is 0.00724. The summed E-state index contributed by atoms with van der Waals surface area (Å²) in [6, 6.07) is 13.3. The van der Waals surface area contributed by atoms with Gasteiger partial charge in [-0.05, 0) is 48.2 Å². The van der Waals surface area contributed by atoms with Gasteiger partial charge in [0.25, 0.3) is 0 Å². The van der Waals surface area contributed by atoms with Crippen LogP contribution in [-0.2, 0) is 16.0 Å². The summed E-state index contributed by atoms with van der Waals surface area (Å²) in [5, 5.41) is 36.2. The Bertz CT molecular complexity index is 1020. The normalized spacial score (nSPS) is 27.2. The molecule has 0 spiro atoms. The lowest BCUT2D eigenvalue weighted by atomic mass is 9.83. The molecule has 2 aromatic rings. The topological polar surface area (TPSA) is 111 Å². The van der Waals surface area contributed by atoms with Crippen LogP contribution >= 0.6 is 11.6 Å². The summed E-state index contributed by atoms with van der Waals surface area (Å²) < 4.78 is 11.2. The Balaban J connectivity index is 1.43. The number of carbonyl (C=O) groups is 1. The highest BCUT2D eigenvalue weighted by Gasteiger charge is 2.49. The van der Waals surface area contributed by atoms with Gasteiger partial charge in [0.1, 0.15) is 11.9 Å². The Labute approximate surface area is 210 Å². The first-order valence-corrected chi connectivity index (χ1v) is 12.4. The standard InChI is InChI=1S/C26H33ClN2O6/c1-2-34-20-6-3-17(4-7-20)13-19-14-18(5-8-22(19)27)21-16-35-26(33,25(32)24(21)31)9-11-29-12-10-28-15-23(29)30/h3-8,14,21,24-25,28,31-33H,2,9-13,15-16H2,1H3. The molecule has 2 heterocycles. The van der Waals surface area contributed by atoms with Crippen molar-refractivity contribution in [1.29, 1.82) is 0 Å². The van der Waals surface area contributed by atoms with Crippen LogP contribution < -0.4 is 10.1 Å². The van der Waals surface area contributed by atoms with Crippen molar-refractivity contribution in [1.82, 2.24) is 10.2 Å². The number of amides is 1. The smallest absolute Gasteiger partial charge is 0.236 e. The maximum Gasteiger partial charge on any atom is 0.236 e. The molecule has 2 fully saturated rings. The monoisotopic (exact) mass is 504 g/mol. The second kappa shape index (κ2) is 11.2. The molecule has 190 valence electrons. The number of nitrogens with zero attached hydrogens (tertiary/aromatic N) is 1. The number of piperazine rings is 1. The van der Waals surface area contributed by atoms with E-state index in [0.29, 0.717) is 31.1 Å². The van der Waals surface area contributed by atoms with Gasteiger partial charge in [0, 0.05) is 37.0 Å². The Morgan fingerprint density at radius 3 is 2.71 bits per heavy atom. The van der Waals surface area contributed by atoms with Gasteiger partial charge in [0.2, 0.25) is 5.91 Å². The average molecular weight is 505 g/mol. The molecule has 0 radical (unpaired) electrons. The number of rotatable bonds is 8. The van der Waals surface area contributed by atoms with Gasteiger partial charge < -0.3 is 35.0 Å². The molecule has 0 aliphatic carbocycles. The van der Waals surface area contributed by atoms with Crippen LogP contribution in [0.2, 0.25) is 5.02 Å². The number of aliphatic hydroxyl groups is 3. The first-order chi connectivity index (χ1) is 16.8. The Hall–Kier alpha value is -2.20. The van der Waals surface area contributed by atoms with Gasteiger partial charge in [-0.3, -0.25) is 4.79 Å². The zero-order valence-corrected chi connectivity index (χ0v) is 20.6. The fourth-order valence-corrected chi connectivity index (χ4v) is 4.83. The molecule has 4 unspecified atom stereocenters. The molecule has 8 nitrogen and oxygen atoms in total. The minimum Gasteiger partial charge on any atom is -0.494 e. The van der Waals surface area contributed by atoms with Crippen LogP contribution in [0.15, 0.2) is 42.5 Å². The van der Waals surface area contributed by atoms with Gasteiger partial charge >= 0.3 is 0 Å². The largest absolute Gasteiger partial charge is 0.494 e. The highest BCUT2D eigenvalue weighted by molar-refractivity contribution is 6.31. The quantitative estimate of drug-likeness (QED) is 0.433. The van der Waals surface area contributed by atoms with Gasteiger partial charge in [0.15, 0.2) is 5.79 Å². The average Bonchev–Trinajstić information content (AvgIpc) is 2.85. The zero-order chi connectivity index (χ0) is 25.0. The van der Waals surface area contributed by atoms with Gasteiger partial charge in [-0.2, -0.15) is 0 Å². The van der Waals surface area contributed by atoms with E-state index in [2.05, 4.69) is 5.32 Å². The van der Waals surface area contributed by atoms with Crippen molar-refractivity contribution in [3.63, 3.8) is 0 Å². The second-order valence-corrected chi connectivity index (χ2v) is 9.52. The first kappa shape index (κ1) is 25.9. The summed E-state index contributed by atoms with van der Waals surface area (Å²) in [4.78, 5) is 13.6. The summed E-state index contributed by atoms with van der Waals surface area (Å²) in [6.45, 7) is 4.25. The maximum atomic E-state index is 12.0. The van der Waals surface area contributed by atoms with E-state index in [0.717, 1.165) is 22.4 Å². The summed E-state index contributed by atoms with van der Waals surface area (Å²) in [5.74, 6) is -1.73. The van der Waals surface area contributed by atoms with Crippen LogP contribution in [-0.4, -0.2) is 83.5 Å². The number of halogens is 1. The van der Waals surface area contributed by atoms with Gasteiger partial charge in [-0.1, -0.05) is 35.9 Å². The predicted molar refractivity (Wildman–Crippen MR) is 132 cm³/mol. The van der Waals surface area contributed by atoms with Crippen molar-refractivity contribution < 1.29 is 29.6 Å². The molecule has 4 N–H and O–H groups in total. The van der Waals surface area contributed by atoms with Crippen LogP contribution in [0.1, 0.15) is 36.0 Å². The lowest BCUT2D eigenvalue weighted by Gasteiger charge is -2.44. The number of carbonyl (C=O) groups excluding carboxylic acids is 1. The second-order valence-electron chi connectivity index (χ2n) is 9.11. The number of nitrogens with one attached hydrogen (secondary N) is 1. The number of benzene rings is 2. The van der Waals surface area contributed by atoms with E-state index >= 15 is 0 Å². The van der Waals surface area contributed by atoms with Crippen molar-refractivity contribution in [2.75, 3.05) is 39.4 Å². The molecule has 0 bridgehead atoms. The predicted octanol–water partition coefficient (Wildman–Crippen LogP) is 1.68. The lowest BCUT2D eigenvalue weighted by Crippen LogP contribution is -2.59. The fourth-order valence-electron chi connectivity index (χ4n) is 4.65. The van der Waals surface area contributed by atoms with Gasteiger partial charge in [-0.25, -0.2) is 0 Å². The Morgan fingerprint density at radius 1 is 1.23 bits per heavy atom. The SMILES string of the molecule is CCOc1ccc(Cc2cc(C3COC(O)(CCN4CCNCC4=O)C(O)C3O)ccc2Cl)cc1. The van der Waals surface area contributed by atoms with Crippen LogP contribution in [0.4, 0.5) is 0 Å².